The van der Waals surface area contributed by atoms with E-state index in [-0.39, 0.29) is 0 Å². The molecule has 0 N–H and O–H groups in total. The van der Waals surface area contributed by atoms with Gasteiger partial charge in [0.2, 0.25) is 0 Å². The molecule has 0 aromatic rings. The molecule has 1 atom stereocenters. The highest BCUT2D eigenvalue weighted by Crippen LogP contribution is 2.23. The topological polar surface area (TPSA) is 17.1 Å². The molecule has 1 heterocycles. The molecule has 0 aliphatic carbocycles. The monoisotopic (exact) mass is 176 g/mol. The van der Waals surface area contributed by atoms with Crippen molar-refractivity contribution >= 4 is 29.3 Å². The summed E-state index contributed by atoms with van der Waals surface area (Å²) in [6.07, 6.45) is 3.18. The lowest BCUT2D eigenvalue weighted by molar-refractivity contribution is -0.119. The second kappa shape index (κ2) is 4.29. The number of carbonyl (C=O) groups excluding carboxylic acids is 1. The zero-order valence-corrected chi connectivity index (χ0v) is 7.76. The van der Waals surface area contributed by atoms with Gasteiger partial charge in [-0.2, -0.15) is 23.5 Å². The zero-order valence-electron chi connectivity index (χ0n) is 6.13. The van der Waals surface area contributed by atoms with Crippen molar-refractivity contribution < 1.29 is 4.79 Å². The van der Waals surface area contributed by atoms with Gasteiger partial charge in [-0.1, -0.05) is 0 Å². The minimum absolute atomic E-state index is 0.387. The second-order valence-electron chi connectivity index (χ2n) is 2.46. The van der Waals surface area contributed by atoms with Crippen molar-refractivity contribution in [3.05, 3.63) is 0 Å². The average Bonchev–Trinajstić information content (AvgIpc) is 2.31. The van der Waals surface area contributed by atoms with Crippen molar-refractivity contribution in [2.45, 2.75) is 6.42 Å². The van der Waals surface area contributed by atoms with Gasteiger partial charge in [0.05, 0.1) is 5.75 Å². The van der Waals surface area contributed by atoms with E-state index in [1.54, 1.807) is 11.8 Å². The Labute approximate surface area is 70.3 Å². The largest absolute Gasteiger partial charge is 0.298 e. The molecule has 1 nitrogen and oxygen atoms in total. The lowest BCUT2D eigenvalue weighted by Gasteiger charge is -2.03. The molecule has 58 valence electrons. The van der Waals surface area contributed by atoms with Crippen molar-refractivity contribution in [3.8, 4) is 0 Å². The van der Waals surface area contributed by atoms with Crippen molar-refractivity contribution in [2.24, 2.45) is 5.92 Å². The average molecular weight is 176 g/mol. The number of carbonyl (C=O) groups is 1. The predicted molar refractivity (Wildman–Crippen MR) is 48.8 cm³/mol. The van der Waals surface area contributed by atoms with Gasteiger partial charge in [0.1, 0.15) is 5.78 Å². The molecular weight excluding hydrogens is 164 g/mol. The maximum atomic E-state index is 11.1. The molecule has 3 heteroatoms. The molecule has 10 heavy (non-hydrogen) atoms. The number of thioether (sulfide) groups is 2. The molecule has 1 rings (SSSR count). The highest BCUT2D eigenvalue weighted by molar-refractivity contribution is 8.00. The van der Waals surface area contributed by atoms with E-state index in [9.17, 15) is 4.79 Å². The molecule has 0 aromatic carbocycles. The summed E-state index contributed by atoms with van der Waals surface area (Å²) in [6.45, 7) is 0. The fourth-order valence-corrected chi connectivity index (χ4v) is 2.73. The maximum Gasteiger partial charge on any atom is 0.146 e. The molecule has 1 saturated heterocycles. The standard InChI is InChI=1S/C7H12OS2/c1-9-3-2-6-4-10-5-7(6)8/h6H,2-5H2,1H3. The number of Topliss-reactive ketones (excluding diaryl/α,β-unsaturated/α-hetero) is 1. The Kier molecular flexibility index (Phi) is 3.63. The molecule has 0 spiro atoms. The molecule has 0 radical (unpaired) electrons. The first-order chi connectivity index (χ1) is 4.84. The second-order valence-corrected chi connectivity index (χ2v) is 4.48. The van der Waals surface area contributed by atoms with Crippen LogP contribution in [-0.4, -0.2) is 29.3 Å². The quantitative estimate of drug-likeness (QED) is 0.651. The van der Waals surface area contributed by atoms with Crippen LogP contribution < -0.4 is 0 Å². The third-order valence-corrected chi connectivity index (χ3v) is 3.46. The normalized spacial score (nSPS) is 25.7. The molecule has 0 amide bonds. The summed E-state index contributed by atoms with van der Waals surface area (Å²) in [5.41, 5.74) is 0. The maximum absolute atomic E-state index is 11.1. The van der Waals surface area contributed by atoms with Crippen LogP contribution in [0.2, 0.25) is 0 Å². The molecule has 1 unspecified atom stereocenters. The molecule has 1 fully saturated rings. The fraction of sp³-hybridized carbons (Fsp3) is 0.857. The van der Waals surface area contributed by atoms with E-state index in [2.05, 4.69) is 6.26 Å². The van der Waals surface area contributed by atoms with Gasteiger partial charge in [-0.25, -0.2) is 0 Å². The Morgan fingerprint density at radius 1 is 1.80 bits per heavy atom. The molecule has 0 aromatic heterocycles. The third kappa shape index (κ3) is 2.20. The summed E-state index contributed by atoms with van der Waals surface area (Å²) in [7, 11) is 0. The van der Waals surface area contributed by atoms with E-state index >= 15 is 0 Å². The van der Waals surface area contributed by atoms with Gasteiger partial charge in [-0.3, -0.25) is 4.79 Å². The first-order valence-corrected chi connectivity index (χ1v) is 5.99. The van der Waals surface area contributed by atoms with Crippen LogP contribution in [0.5, 0.6) is 0 Å². The SMILES string of the molecule is CSCCC1CSCC1=O. The van der Waals surface area contributed by atoms with Crippen LogP contribution in [-0.2, 0) is 4.79 Å². The van der Waals surface area contributed by atoms with Crippen LogP contribution in [0, 0.1) is 5.92 Å². The summed E-state index contributed by atoms with van der Waals surface area (Å²) in [5.74, 6) is 3.83. The number of hydrogen-bond donors (Lipinski definition) is 0. The van der Waals surface area contributed by atoms with Gasteiger partial charge in [-0.15, -0.1) is 0 Å². The number of hydrogen-bond acceptors (Lipinski definition) is 3. The Morgan fingerprint density at radius 3 is 3.10 bits per heavy atom. The summed E-state index contributed by atoms with van der Waals surface area (Å²) in [4.78, 5) is 11.1. The first kappa shape index (κ1) is 8.47. The van der Waals surface area contributed by atoms with Crippen LogP contribution >= 0.6 is 23.5 Å². The number of rotatable bonds is 3. The Balaban J connectivity index is 2.20. The van der Waals surface area contributed by atoms with Crippen molar-refractivity contribution in [1.29, 1.82) is 0 Å². The van der Waals surface area contributed by atoms with Gasteiger partial charge in [0.15, 0.2) is 0 Å². The third-order valence-electron chi connectivity index (χ3n) is 1.69. The van der Waals surface area contributed by atoms with E-state index in [1.165, 1.54) is 0 Å². The molecule has 0 saturated carbocycles. The lowest BCUT2D eigenvalue weighted by atomic mass is 10.1. The number of ketones is 1. The minimum atomic E-state index is 0.387. The van der Waals surface area contributed by atoms with E-state index in [0.29, 0.717) is 11.7 Å². The van der Waals surface area contributed by atoms with Crippen molar-refractivity contribution in [2.75, 3.05) is 23.5 Å². The van der Waals surface area contributed by atoms with Gasteiger partial charge in [0.25, 0.3) is 0 Å². The minimum Gasteiger partial charge on any atom is -0.298 e. The van der Waals surface area contributed by atoms with Gasteiger partial charge >= 0.3 is 0 Å². The Morgan fingerprint density at radius 2 is 2.60 bits per heavy atom. The van der Waals surface area contributed by atoms with Gasteiger partial charge in [-0.05, 0) is 18.4 Å². The van der Waals surface area contributed by atoms with Crippen LogP contribution in [0.15, 0.2) is 0 Å². The van der Waals surface area contributed by atoms with Crippen LogP contribution in [0.25, 0.3) is 0 Å². The van der Waals surface area contributed by atoms with E-state index < -0.39 is 0 Å². The van der Waals surface area contributed by atoms with E-state index in [0.717, 1.165) is 23.7 Å². The van der Waals surface area contributed by atoms with Crippen LogP contribution in [0.4, 0.5) is 0 Å². The van der Waals surface area contributed by atoms with Crippen molar-refractivity contribution in [3.63, 3.8) is 0 Å². The highest BCUT2D eigenvalue weighted by Gasteiger charge is 2.23. The summed E-state index contributed by atoms with van der Waals surface area (Å²) in [6, 6.07) is 0. The molecule has 1 aliphatic rings. The van der Waals surface area contributed by atoms with Crippen molar-refractivity contribution in [1.82, 2.24) is 0 Å². The van der Waals surface area contributed by atoms with Gasteiger partial charge < -0.3 is 0 Å². The zero-order chi connectivity index (χ0) is 7.40. The fourth-order valence-electron chi connectivity index (χ4n) is 1.02. The van der Waals surface area contributed by atoms with Crippen LogP contribution in [0.3, 0.4) is 0 Å². The van der Waals surface area contributed by atoms with E-state index in [4.69, 9.17) is 0 Å². The van der Waals surface area contributed by atoms with Crippen LogP contribution in [0.1, 0.15) is 6.42 Å². The lowest BCUT2D eigenvalue weighted by Crippen LogP contribution is -2.11. The Hall–Kier alpha value is 0.370. The van der Waals surface area contributed by atoms with E-state index in [1.807, 2.05) is 11.8 Å². The molecular formula is C7H12OS2. The summed E-state index contributed by atoms with van der Waals surface area (Å²) in [5, 5.41) is 0. The van der Waals surface area contributed by atoms with Gasteiger partial charge in [0, 0.05) is 11.7 Å². The smallest absolute Gasteiger partial charge is 0.146 e. The highest BCUT2D eigenvalue weighted by atomic mass is 32.2. The Bertz CT molecular complexity index is 125. The summed E-state index contributed by atoms with van der Waals surface area (Å²) < 4.78 is 0. The predicted octanol–water partition coefficient (Wildman–Crippen LogP) is 1.67. The molecule has 1 aliphatic heterocycles. The molecule has 0 bridgehead atoms. The summed E-state index contributed by atoms with van der Waals surface area (Å²) >= 11 is 3.61. The first-order valence-electron chi connectivity index (χ1n) is 3.44.